The van der Waals surface area contributed by atoms with Crippen LogP contribution in [0.25, 0.3) is 0 Å². The topological polar surface area (TPSA) is 94.4 Å². The summed E-state index contributed by atoms with van der Waals surface area (Å²) in [7, 11) is 0. The van der Waals surface area contributed by atoms with E-state index in [2.05, 4.69) is 9.98 Å². The van der Waals surface area contributed by atoms with Crippen molar-refractivity contribution in [3.63, 3.8) is 0 Å². The van der Waals surface area contributed by atoms with E-state index in [1.807, 2.05) is 0 Å². The van der Waals surface area contributed by atoms with E-state index in [1.54, 1.807) is 18.3 Å². The molecule has 0 aliphatic rings. The molecule has 13 heavy (non-hydrogen) atoms. The van der Waals surface area contributed by atoms with Gasteiger partial charge in [-0.15, -0.1) is 0 Å². The second-order valence-electron chi connectivity index (χ2n) is 2.45. The number of rotatable bonds is 1. The van der Waals surface area contributed by atoms with Crippen molar-refractivity contribution in [2.75, 3.05) is 5.73 Å². The summed E-state index contributed by atoms with van der Waals surface area (Å²) < 4.78 is 0. The first-order valence-corrected chi connectivity index (χ1v) is 3.67. The zero-order chi connectivity index (χ0) is 9.84. The Kier molecular flexibility index (Phi) is 2.59. The second kappa shape index (κ2) is 3.66. The van der Waals surface area contributed by atoms with Crippen LogP contribution in [0.5, 0.6) is 0 Å². The molecule has 0 aromatic carbocycles. The number of pyridine rings is 1. The standard InChI is InChI=1S/C8H10N4O/c1-5(13)12-8(10)6-3-2-4-11-7(6)9/h2-4H,1H3,(H2,9,11)(H2,10,12,13). The summed E-state index contributed by atoms with van der Waals surface area (Å²) in [5.74, 6) is 0.00357. The van der Waals surface area contributed by atoms with Crippen LogP contribution in [-0.4, -0.2) is 16.7 Å². The van der Waals surface area contributed by atoms with Gasteiger partial charge in [-0.25, -0.2) is 4.98 Å². The van der Waals surface area contributed by atoms with E-state index >= 15 is 0 Å². The van der Waals surface area contributed by atoms with Crippen molar-refractivity contribution in [3.8, 4) is 0 Å². The Morgan fingerprint density at radius 3 is 2.85 bits per heavy atom. The van der Waals surface area contributed by atoms with Crippen LogP contribution in [0.15, 0.2) is 23.3 Å². The maximum absolute atomic E-state index is 10.6. The van der Waals surface area contributed by atoms with Gasteiger partial charge in [0, 0.05) is 13.1 Å². The number of nitrogens with two attached hydrogens (primary N) is 2. The number of aromatic nitrogens is 1. The Hall–Kier alpha value is -1.91. The molecule has 5 heteroatoms. The molecule has 0 saturated heterocycles. The Labute approximate surface area is 75.5 Å². The third-order valence-corrected chi connectivity index (χ3v) is 1.39. The predicted octanol–water partition coefficient (Wildman–Crippen LogP) is -0.0844. The molecule has 1 rings (SSSR count). The molecule has 0 spiro atoms. The number of hydrogen-bond donors (Lipinski definition) is 2. The van der Waals surface area contributed by atoms with Gasteiger partial charge in [-0.3, -0.25) is 4.79 Å². The number of carbonyl (C=O) groups excluding carboxylic acids is 1. The zero-order valence-corrected chi connectivity index (χ0v) is 7.19. The van der Waals surface area contributed by atoms with Crippen molar-refractivity contribution >= 4 is 17.6 Å². The van der Waals surface area contributed by atoms with Gasteiger partial charge < -0.3 is 11.5 Å². The molecule has 1 amide bonds. The lowest BCUT2D eigenvalue weighted by Crippen LogP contribution is -2.17. The normalized spacial score (nSPS) is 11.3. The summed E-state index contributed by atoms with van der Waals surface area (Å²) in [4.78, 5) is 18.0. The van der Waals surface area contributed by atoms with E-state index in [-0.39, 0.29) is 17.6 Å². The van der Waals surface area contributed by atoms with Crippen LogP contribution in [0.4, 0.5) is 5.82 Å². The third kappa shape index (κ3) is 2.26. The van der Waals surface area contributed by atoms with E-state index in [0.29, 0.717) is 5.56 Å². The lowest BCUT2D eigenvalue weighted by Gasteiger charge is -2.01. The van der Waals surface area contributed by atoms with Crippen LogP contribution >= 0.6 is 0 Å². The quantitative estimate of drug-likeness (QED) is 0.464. The van der Waals surface area contributed by atoms with Crippen molar-refractivity contribution in [1.29, 1.82) is 0 Å². The highest BCUT2D eigenvalue weighted by molar-refractivity contribution is 6.06. The Morgan fingerprint density at radius 1 is 1.62 bits per heavy atom. The predicted molar refractivity (Wildman–Crippen MR) is 50.1 cm³/mol. The first kappa shape index (κ1) is 9.18. The lowest BCUT2D eigenvalue weighted by atomic mass is 10.2. The fourth-order valence-corrected chi connectivity index (χ4v) is 0.864. The number of hydrogen-bond acceptors (Lipinski definition) is 3. The van der Waals surface area contributed by atoms with Crippen LogP contribution < -0.4 is 11.5 Å². The molecule has 0 aliphatic heterocycles. The van der Waals surface area contributed by atoms with Crippen molar-refractivity contribution in [1.82, 2.24) is 4.98 Å². The van der Waals surface area contributed by atoms with Gasteiger partial charge in [0.15, 0.2) is 0 Å². The molecular weight excluding hydrogens is 168 g/mol. The van der Waals surface area contributed by atoms with E-state index < -0.39 is 0 Å². The lowest BCUT2D eigenvalue weighted by molar-refractivity contribution is -0.115. The Bertz CT molecular complexity index is 359. The fourth-order valence-electron chi connectivity index (χ4n) is 0.864. The largest absolute Gasteiger partial charge is 0.383 e. The van der Waals surface area contributed by atoms with Gasteiger partial charge in [-0.1, -0.05) is 0 Å². The molecule has 0 bridgehead atoms. The highest BCUT2D eigenvalue weighted by atomic mass is 16.1. The van der Waals surface area contributed by atoms with Crippen LogP contribution in [-0.2, 0) is 4.79 Å². The van der Waals surface area contributed by atoms with Crippen molar-refractivity contribution in [2.24, 2.45) is 10.7 Å². The minimum absolute atomic E-state index is 0.0955. The average Bonchev–Trinajstić information content (AvgIpc) is 2.03. The summed E-state index contributed by atoms with van der Waals surface area (Å²) in [5, 5.41) is 0. The molecular formula is C8H10N4O. The molecule has 0 saturated carbocycles. The highest BCUT2D eigenvalue weighted by Crippen LogP contribution is 2.05. The van der Waals surface area contributed by atoms with Crippen LogP contribution in [0, 0.1) is 0 Å². The molecule has 5 nitrogen and oxygen atoms in total. The number of anilines is 1. The molecule has 0 radical (unpaired) electrons. The van der Waals surface area contributed by atoms with Gasteiger partial charge >= 0.3 is 0 Å². The van der Waals surface area contributed by atoms with Gasteiger partial charge in [-0.2, -0.15) is 4.99 Å². The number of nitrogen functional groups attached to an aromatic ring is 1. The summed E-state index contributed by atoms with van der Waals surface area (Å²) in [5.41, 5.74) is 11.5. The van der Waals surface area contributed by atoms with Crippen molar-refractivity contribution in [3.05, 3.63) is 23.9 Å². The summed E-state index contributed by atoms with van der Waals surface area (Å²) >= 11 is 0. The number of amidine groups is 1. The van der Waals surface area contributed by atoms with E-state index in [1.165, 1.54) is 6.92 Å². The molecule has 1 heterocycles. The van der Waals surface area contributed by atoms with Gasteiger partial charge in [-0.05, 0) is 12.1 Å². The monoisotopic (exact) mass is 178 g/mol. The van der Waals surface area contributed by atoms with E-state index in [4.69, 9.17) is 11.5 Å². The van der Waals surface area contributed by atoms with Crippen molar-refractivity contribution in [2.45, 2.75) is 6.92 Å². The molecule has 1 aromatic rings. The molecule has 0 atom stereocenters. The minimum Gasteiger partial charge on any atom is -0.383 e. The summed E-state index contributed by atoms with van der Waals surface area (Å²) in [6.07, 6.45) is 1.54. The average molecular weight is 178 g/mol. The van der Waals surface area contributed by atoms with Gasteiger partial charge in [0.25, 0.3) is 0 Å². The highest BCUT2D eigenvalue weighted by Gasteiger charge is 2.03. The Morgan fingerprint density at radius 2 is 2.31 bits per heavy atom. The zero-order valence-electron chi connectivity index (χ0n) is 7.19. The summed E-state index contributed by atoms with van der Waals surface area (Å²) in [6.45, 7) is 1.32. The van der Waals surface area contributed by atoms with Crippen LogP contribution in [0.3, 0.4) is 0 Å². The Balaban J connectivity index is 3.08. The number of aliphatic imine (C=N–C) groups is 1. The van der Waals surface area contributed by atoms with E-state index in [9.17, 15) is 4.79 Å². The minimum atomic E-state index is -0.360. The summed E-state index contributed by atoms with van der Waals surface area (Å²) in [6, 6.07) is 3.33. The smallest absolute Gasteiger partial charge is 0.244 e. The molecule has 4 N–H and O–H groups in total. The first-order valence-electron chi connectivity index (χ1n) is 3.67. The fraction of sp³-hybridized carbons (Fsp3) is 0.125. The van der Waals surface area contributed by atoms with Crippen LogP contribution in [0.1, 0.15) is 12.5 Å². The first-order chi connectivity index (χ1) is 6.11. The number of nitrogens with zero attached hydrogens (tertiary/aromatic N) is 2. The molecule has 0 aliphatic carbocycles. The van der Waals surface area contributed by atoms with Gasteiger partial charge in [0.05, 0.1) is 5.56 Å². The van der Waals surface area contributed by atoms with Gasteiger partial charge in [0.2, 0.25) is 5.91 Å². The maximum atomic E-state index is 10.6. The van der Waals surface area contributed by atoms with Crippen molar-refractivity contribution < 1.29 is 4.79 Å². The maximum Gasteiger partial charge on any atom is 0.244 e. The third-order valence-electron chi connectivity index (χ3n) is 1.39. The van der Waals surface area contributed by atoms with Gasteiger partial charge in [0.1, 0.15) is 11.7 Å². The molecule has 0 unspecified atom stereocenters. The number of carbonyl (C=O) groups is 1. The SMILES string of the molecule is CC(=O)N=C(N)c1cccnc1N. The molecule has 1 aromatic heterocycles. The molecule has 68 valence electrons. The van der Waals surface area contributed by atoms with E-state index in [0.717, 1.165) is 0 Å². The number of amides is 1. The van der Waals surface area contributed by atoms with Crippen LogP contribution in [0.2, 0.25) is 0 Å². The second-order valence-corrected chi connectivity index (χ2v) is 2.45. The molecule has 0 fully saturated rings.